The van der Waals surface area contributed by atoms with Gasteiger partial charge in [0.2, 0.25) is 5.91 Å². The van der Waals surface area contributed by atoms with E-state index >= 15 is 0 Å². The molecule has 1 saturated heterocycles. The Morgan fingerprint density at radius 1 is 1.47 bits per heavy atom. The van der Waals surface area contributed by atoms with Gasteiger partial charge in [-0.25, -0.2) is 0 Å². The molecule has 0 bridgehead atoms. The summed E-state index contributed by atoms with van der Waals surface area (Å²) in [6.45, 7) is 3.26. The highest BCUT2D eigenvalue weighted by atomic mass is 16.3. The molecular weight excluding hydrogens is 216 g/mol. The maximum atomic E-state index is 12.0. The maximum absolute atomic E-state index is 12.0. The zero-order chi connectivity index (χ0) is 12.3. The van der Waals surface area contributed by atoms with Crippen molar-refractivity contribution in [2.45, 2.75) is 57.1 Å². The van der Waals surface area contributed by atoms with Crippen molar-refractivity contribution >= 4 is 5.91 Å². The second kappa shape index (κ2) is 5.36. The lowest BCUT2D eigenvalue weighted by molar-refractivity contribution is -0.127. The van der Waals surface area contributed by atoms with Gasteiger partial charge in [0.25, 0.3) is 0 Å². The summed E-state index contributed by atoms with van der Waals surface area (Å²) in [5.74, 6) is 0.423. The third-order valence-corrected chi connectivity index (χ3v) is 4.29. The average molecular weight is 240 g/mol. The van der Waals surface area contributed by atoms with Crippen LogP contribution in [0.4, 0.5) is 0 Å². The van der Waals surface area contributed by atoms with Crippen molar-refractivity contribution < 1.29 is 9.90 Å². The molecule has 0 aromatic rings. The Kier molecular flexibility index (Phi) is 4.05. The van der Waals surface area contributed by atoms with Crippen molar-refractivity contribution in [3.05, 3.63) is 0 Å². The summed E-state index contributed by atoms with van der Waals surface area (Å²) in [6.07, 6.45) is 6.21. The predicted octanol–water partition coefficient (Wildman–Crippen LogP) is 0.796. The van der Waals surface area contributed by atoms with E-state index in [1.54, 1.807) is 0 Å². The number of amides is 1. The lowest BCUT2D eigenvalue weighted by Crippen LogP contribution is -2.52. The van der Waals surface area contributed by atoms with Crippen LogP contribution in [0.2, 0.25) is 0 Å². The monoisotopic (exact) mass is 240 g/mol. The first-order valence-corrected chi connectivity index (χ1v) is 6.83. The summed E-state index contributed by atoms with van der Waals surface area (Å²) in [7, 11) is 0. The zero-order valence-corrected chi connectivity index (χ0v) is 10.7. The molecule has 4 nitrogen and oxygen atoms in total. The first-order chi connectivity index (χ1) is 8.12. The molecule has 1 heterocycles. The van der Waals surface area contributed by atoms with Crippen molar-refractivity contribution in [2.24, 2.45) is 5.92 Å². The van der Waals surface area contributed by atoms with E-state index in [0.29, 0.717) is 12.5 Å². The number of aliphatic hydroxyl groups excluding tert-OH is 1. The van der Waals surface area contributed by atoms with E-state index < -0.39 is 5.54 Å². The molecular formula is C13H24N2O2. The fourth-order valence-electron chi connectivity index (χ4n) is 2.99. The minimum Gasteiger partial charge on any atom is -0.391 e. The van der Waals surface area contributed by atoms with Crippen molar-refractivity contribution in [1.29, 1.82) is 0 Å². The molecule has 2 rings (SSSR count). The van der Waals surface area contributed by atoms with Gasteiger partial charge in [-0.05, 0) is 45.1 Å². The summed E-state index contributed by atoms with van der Waals surface area (Å²) in [4.78, 5) is 12.0. The molecule has 1 amide bonds. The van der Waals surface area contributed by atoms with E-state index in [0.717, 1.165) is 32.2 Å². The van der Waals surface area contributed by atoms with E-state index in [1.807, 2.05) is 6.92 Å². The maximum Gasteiger partial charge on any atom is 0.240 e. The number of carbonyl (C=O) groups is 1. The smallest absolute Gasteiger partial charge is 0.240 e. The highest BCUT2D eigenvalue weighted by Crippen LogP contribution is 2.27. The minimum absolute atomic E-state index is 0.0343. The van der Waals surface area contributed by atoms with Gasteiger partial charge in [0.1, 0.15) is 0 Å². The Hall–Kier alpha value is -0.610. The molecule has 4 heteroatoms. The molecule has 1 saturated carbocycles. The standard InChI is InChI=1S/C13H24N2O2/c1-13(7-4-8-15-13)12(17)14-9-11(16)10-5-2-3-6-10/h10-11,15-16H,2-9H2,1H3,(H,14,17). The normalized spacial score (nSPS) is 31.6. The van der Waals surface area contributed by atoms with Gasteiger partial charge in [-0.3, -0.25) is 4.79 Å². The number of nitrogens with one attached hydrogen (secondary N) is 2. The molecule has 1 aliphatic heterocycles. The van der Waals surface area contributed by atoms with Crippen molar-refractivity contribution in [3.8, 4) is 0 Å². The molecule has 2 atom stereocenters. The first kappa shape index (κ1) is 12.8. The van der Waals surface area contributed by atoms with Crippen LogP contribution < -0.4 is 10.6 Å². The van der Waals surface area contributed by atoms with E-state index in [9.17, 15) is 9.90 Å². The van der Waals surface area contributed by atoms with E-state index in [1.165, 1.54) is 12.8 Å². The summed E-state index contributed by atoms with van der Waals surface area (Å²) in [5, 5.41) is 16.1. The molecule has 1 aliphatic carbocycles. The Morgan fingerprint density at radius 2 is 2.18 bits per heavy atom. The van der Waals surface area contributed by atoms with E-state index in [2.05, 4.69) is 10.6 Å². The number of hydrogen-bond acceptors (Lipinski definition) is 3. The van der Waals surface area contributed by atoms with Crippen LogP contribution >= 0.6 is 0 Å². The molecule has 2 fully saturated rings. The minimum atomic E-state index is -0.421. The van der Waals surface area contributed by atoms with Gasteiger partial charge in [-0.15, -0.1) is 0 Å². The van der Waals surface area contributed by atoms with Crippen LogP contribution in [0.3, 0.4) is 0 Å². The van der Waals surface area contributed by atoms with Crippen LogP contribution in [0.15, 0.2) is 0 Å². The number of hydrogen-bond donors (Lipinski definition) is 3. The number of rotatable bonds is 4. The van der Waals surface area contributed by atoms with Crippen molar-refractivity contribution in [2.75, 3.05) is 13.1 Å². The molecule has 2 aliphatic rings. The van der Waals surface area contributed by atoms with Crippen LogP contribution in [0, 0.1) is 5.92 Å². The molecule has 0 spiro atoms. The molecule has 0 radical (unpaired) electrons. The average Bonchev–Trinajstić information content (AvgIpc) is 2.96. The summed E-state index contributed by atoms with van der Waals surface area (Å²) >= 11 is 0. The Morgan fingerprint density at radius 3 is 2.76 bits per heavy atom. The fourth-order valence-corrected chi connectivity index (χ4v) is 2.99. The lowest BCUT2D eigenvalue weighted by atomic mass is 9.98. The lowest BCUT2D eigenvalue weighted by Gasteiger charge is -2.25. The highest BCUT2D eigenvalue weighted by Gasteiger charge is 2.36. The molecule has 17 heavy (non-hydrogen) atoms. The van der Waals surface area contributed by atoms with Crippen LogP contribution in [0.1, 0.15) is 45.4 Å². The van der Waals surface area contributed by atoms with Gasteiger partial charge >= 0.3 is 0 Å². The van der Waals surface area contributed by atoms with Crippen molar-refractivity contribution in [1.82, 2.24) is 10.6 Å². The van der Waals surface area contributed by atoms with Gasteiger partial charge in [-0.2, -0.15) is 0 Å². The van der Waals surface area contributed by atoms with Crippen LogP contribution in [-0.4, -0.2) is 35.7 Å². The van der Waals surface area contributed by atoms with Crippen molar-refractivity contribution in [3.63, 3.8) is 0 Å². The predicted molar refractivity (Wildman–Crippen MR) is 66.6 cm³/mol. The van der Waals surface area contributed by atoms with Gasteiger partial charge in [-0.1, -0.05) is 12.8 Å². The zero-order valence-electron chi connectivity index (χ0n) is 10.7. The molecule has 0 aromatic carbocycles. The largest absolute Gasteiger partial charge is 0.391 e. The Labute approximate surface area is 103 Å². The Balaban J connectivity index is 1.75. The quantitative estimate of drug-likeness (QED) is 0.681. The van der Waals surface area contributed by atoms with Crippen LogP contribution in [0.25, 0.3) is 0 Å². The van der Waals surface area contributed by atoms with Gasteiger partial charge in [0, 0.05) is 6.54 Å². The van der Waals surface area contributed by atoms with Gasteiger partial charge in [0.05, 0.1) is 11.6 Å². The Bertz CT molecular complexity index is 269. The fraction of sp³-hybridized carbons (Fsp3) is 0.923. The number of carbonyl (C=O) groups excluding carboxylic acids is 1. The second-order valence-electron chi connectivity index (χ2n) is 5.68. The van der Waals surface area contributed by atoms with E-state index in [4.69, 9.17) is 0 Å². The van der Waals surface area contributed by atoms with Crippen LogP contribution in [-0.2, 0) is 4.79 Å². The third kappa shape index (κ3) is 2.99. The van der Waals surface area contributed by atoms with Gasteiger partial charge in [0.15, 0.2) is 0 Å². The summed E-state index contributed by atoms with van der Waals surface area (Å²) < 4.78 is 0. The van der Waals surface area contributed by atoms with E-state index in [-0.39, 0.29) is 12.0 Å². The SMILES string of the molecule is CC1(C(=O)NCC(O)C2CCCC2)CCCN1. The summed E-state index contributed by atoms with van der Waals surface area (Å²) in [5.41, 5.74) is -0.421. The second-order valence-corrected chi connectivity index (χ2v) is 5.68. The van der Waals surface area contributed by atoms with Gasteiger partial charge < -0.3 is 15.7 Å². The molecule has 0 aromatic heterocycles. The summed E-state index contributed by atoms with van der Waals surface area (Å²) in [6, 6.07) is 0. The molecule has 2 unspecified atom stereocenters. The van der Waals surface area contributed by atoms with Crippen LogP contribution in [0.5, 0.6) is 0 Å². The topological polar surface area (TPSA) is 61.4 Å². The highest BCUT2D eigenvalue weighted by molar-refractivity contribution is 5.86. The molecule has 98 valence electrons. The number of aliphatic hydroxyl groups is 1. The first-order valence-electron chi connectivity index (χ1n) is 6.83. The molecule has 3 N–H and O–H groups in total. The third-order valence-electron chi connectivity index (χ3n) is 4.29.